The molecule has 3 saturated heterocycles. The van der Waals surface area contributed by atoms with Gasteiger partial charge in [-0.05, 0) is 57.3 Å². The molecule has 0 spiro atoms. The molecule has 3 heteroatoms. The summed E-state index contributed by atoms with van der Waals surface area (Å²) in [6.45, 7) is 13.2. The van der Waals surface area contributed by atoms with Gasteiger partial charge in [0.2, 0.25) is 0 Å². The van der Waals surface area contributed by atoms with Gasteiger partial charge in [-0.1, -0.05) is 26.0 Å². The highest BCUT2D eigenvalue weighted by molar-refractivity contribution is 5.20. The minimum Gasteiger partial charge on any atom is -0.387 e. The van der Waals surface area contributed by atoms with Gasteiger partial charge in [-0.15, -0.1) is 0 Å². The number of aliphatic hydroxyl groups is 1. The molecule has 8 atom stereocenters. The molecule has 4 rings (SSSR count). The summed E-state index contributed by atoms with van der Waals surface area (Å²) < 4.78 is 13.1. The quantitative estimate of drug-likeness (QED) is 0.749. The van der Waals surface area contributed by atoms with Crippen LogP contribution in [0.2, 0.25) is 0 Å². The molecule has 3 nitrogen and oxygen atoms in total. The Morgan fingerprint density at radius 1 is 1.26 bits per heavy atom. The number of hydrogen-bond acceptors (Lipinski definition) is 3. The van der Waals surface area contributed by atoms with Crippen molar-refractivity contribution >= 4 is 0 Å². The Labute approximate surface area is 140 Å². The Kier molecular flexibility index (Phi) is 3.54. The van der Waals surface area contributed by atoms with Gasteiger partial charge in [-0.2, -0.15) is 0 Å². The van der Waals surface area contributed by atoms with Gasteiger partial charge in [0.05, 0.1) is 29.5 Å². The third kappa shape index (κ3) is 2.26. The van der Waals surface area contributed by atoms with Crippen molar-refractivity contribution in [2.75, 3.05) is 0 Å². The molecular formula is C20H32O3. The first kappa shape index (κ1) is 16.1. The van der Waals surface area contributed by atoms with Crippen LogP contribution in [0, 0.1) is 23.7 Å². The van der Waals surface area contributed by atoms with Crippen molar-refractivity contribution in [2.45, 2.75) is 89.3 Å². The van der Waals surface area contributed by atoms with E-state index >= 15 is 0 Å². The van der Waals surface area contributed by atoms with Crippen LogP contribution in [0.15, 0.2) is 12.2 Å². The number of fused-ring (bicyclic) bond motifs is 8. The number of ether oxygens (including phenoxy) is 2. The monoisotopic (exact) mass is 320 g/mol. The summed E-state index contributed by atoms with van der Waals surface area (Å²) in [7, 11) is 0. The molecule has 4 fully saturated rings. The molecule has 23 heavy (non-hydrogen) atoms. The van der Waals surface area contributed by atoms with E-state index in [-0.39, 0.29) is 23.9 Å². The Morgan fingerprint density at radius 2 is 2.00 bits per heavy atom. The minimum atomic E-state index is -0.798. The third-order valence-electron chi connectivity index (χ3n) is 7.33. The van der Waals surface area contributed by atoms with E-state index in [0.717, 1.165) is 19.3 Å². The molecular weight excluding hydrogens is 288 g/mol. The molecule has 0 amide bonds. The van der Waals surface area contributed by atoms with Crippen LogP contribution in [0.5, 0.6) is 0 Å². The fourth-order valence-corrected chi connectivity index (χ4v) is 6.09. The standard InChI is InChI=1S/C20H32O3/c1-11(2)13-7-6-12(3)16-14-10-19(4,21)15-8-9-20(5,23-15)18(22-14)17(13)16/h11,13-18,21H,3,6-10H2,1-2,4-5H3/t13-,14-,15+,16?,17?,18-,19+,20-/m1/s1. The first-order valence-electron chi connectivity index (χ1n) is 9.46. The molecule has 0 aromatic rings. The first-order valence-corrected chi connectivity index (χ1v) is 9.46. The fraction of sp³-hybridized carbons (Fsp3) is 0.900. The van der Waals surface area contributed by atoms with E-state index in [1.807, 2.05) is 6.92 Å². The highest BCUT2D eigenvalue weighted by Crippen LogP contribution is 2.58. The van der Waals surface area contributed by atoms with Crippen LogP contribution in [-0.2, 0) is 9.47 Å². The molecule has 3 aliphatic heterocycles. The molecule has 1 N–H and O–H groups in total. The molecule has 2 unspecified atom stereocenters. The summed E-state index contributed by atoms with van der Waals surface area (Å²) in [6, 6.07) is 0. The van der Waals surface area contributed by atoms with Crippen LogP contribution in [0.4, 0.5) is 0 Å². The van der Waals surface area contributed by atoms with Crippen molar-refractivity contribution in [3.63, 3.8) is 0 Å². The predicted octanol–water partition coefficient (Wildman–Crippen LogP) is 3.70. The van der Waals surface area contributed by atoms with E-state index in [1.54, 1.807) is 0 Å². The maximum atomic E-state index is 11.0. The molecule has 4 bridgehead atoms. The predicted molar refractivity (Wildman–Crippen MR) is 90.1 cm³/mol. The van der Waals surface area contributed by atoms with Crippen LogP contribution in [0.3, 0.4) is 0 Å². The van der Waals surface area contributed by atoms with Crippen LogP contribution >= 0.6 is 0 Å². The highest BCUT2D eigenvalue weighted by atomic mass is 16.6. The Balaban J connectivity index is 1.78. The largest absolute Gasteiger partial charge is 0.387 e. The van der Waals surface area contributed by atoms with Gasteiger partial charge in [0.25, 0.3) is 0 Å². The highest BCUT2D eigenvalue weighted by Gasteiger charge is 2.63. The molecule has 130 valence electrons. The van der Waals surface area contributed by atoms with E-state index in [1.165, 1.54) is 12.0 Å². The Morgan fingerprint density at radius 3 is 2.70 bits per heavy atom. The van der Waals surface area contributed by atoms with Crippen molar-refractivity contribution < 1.29 is 14.6 Å². The maximum absolute atomic E-state index is 11.0. The number of hydrogen-bond donors (Lipinski definition) is 1. The van der Waals surface area contributed by atoms with Crippen molar-refractivity contribution in [1.29, 1.82) is 0 Å². The zero-order valence-electron chi connectivity index (χ0n) is 15.0. The van der Waals surface area contributed by atoms with Crippen molar-refractivity contribution in [2.24, 2.45) is 23.7 Å². The van der Waals surface area contributed by atoms with Crippen molar-refractivity contribution in [3.05, 3.63) is 12.2 Å². The lowest BCUT2D eigenvalue weighted by Crippen LogP contribution is -2.50. The topological polar surface area (TPSA) is 38.7 Å². The second-order valence-electron chi connectivity index (χ2n) is 9.32. The molecule has 1 aliphatic carbocycles. The SMILES string of the molecule is C=C1CC[C@H](C(C)C)C2C1[C@H]1C[C@](C)(O)[C@@H]3CC[C@@](C)(O3)[C@@H]2O1. The second kappa shape index (κ2) is 5.06. The van der Waals surface area contributed by atoms with Gasteiger partial charge >= 0.3 is 0 Å². The first-order chi connectivity index (χ1) is 10.7. The van der Waals surface area contributed by atoms with Gasteiger partial charge in [0.1, 0.15) is 0 Å². The molecule has 0 aromatic heterocycles. The Hall–Kier alpha value is -0.380. The van der Waals surface area contributed by atoms with E-state index in [9.17, 15) is 5.11 Å². The fourth-order valence-electron chi connectivity index (χ4n) is 6.09. The molecule has 0 radical (unpaired) electrons. The third-order valence-corrected chi connectivity index (χ3v) is 7.33. The van der Waals surface area contributed by atoms with Crippen LogP contribution in [0.25, 0.3) is 0 Å². The molecule has 0 aromatic carbocycles. The normalized spacial score (nSPS) is 55.7. The zero-order chi connectivity index (χ0) is 16.6. The lowest BCUT2D eigenvalue weighted by Gasteiger charge is -2.43. The summed E-state index contributed by atoms with van der Waals surface area (Å²) in [6.07, 6.45) is 5.16. The smallest absolute Gasteiger partial charge is 0.0924 e. The van der Waals surface area contributed by atoms with Gasteiger partial charge in [-0.25, -0.2) is 0 Å². The van der Waals surface area contributed by atoms with E-state index < -0.39 is 5.60 Å². The van der Waals surface area contributed by atoms with Gasteiger partial charge < -0.3 is 14.6 Å². The lowest BCUT2D eigenvalue weighted by molar-refractivity contribution is -0.207. The number of rotatable bonds is 1. The molecule has 4 aliphatic rings. The van der Waals surface area contributed by atoms with Gasteiger partial charge in [-0.3, -0.25) is 0 Å². The van der Waals surface area contributed by atoms with Gasteiger partial charge in [0.15, 0.2) is 0 Å². The van der Waals surface area contributed by atoms with Crippen molar-refractivity contribution in [3.8, 4) is 0 Å². The van der Waals surface area contributed by atoms with E-state index in [4.69, 9.17) is 9.47 Å². The minimum absolute atomic E-state index is 0.0488. The second-order valence-corrected chi connectivity index (χ2v) is 9.32. The zero-order valence-corrected chi connectivity index (χ0v) is 15.0. The summed E-state index contributed by atoms with van der Waals surface area (Å²) in [5.74, 6) is 2.22. The van der Waals surface area contributed by atoms with Crippen molar-refractivity contribution in [1.82, 2.24) is 0 Å². The van der Waals surface area contributed by atoms with Gasteiger partial charge in [0, 0.05) is 12.3 Å². The summed E-state index contributed by atoms with van der Waals surface area (Å²) in [4.78, 5) is 0. The summed E-state index contributed by atoms with van der Waals surface area (Å²) >= 11 is 0. The van der Waals surface area contributed by atoms with E-state index in [2.05, 4.69) is 27.4 Å². The molecule has 3 heterocycles. The summed E-state index contributed by atoms with van der Waals surface area (Å²) in [5, 5.41) is 11.0. The summed E-state index contributed by atoms with van der Waals surface area (Å²) in [5.41, 5.74) is 0.293. The average molecular weight is 320 g/mol. The van der Waals surface area contributed by atoms with Crippen LogP contribution in [-0.4, -0.2) is 34.6 Å². The lowest BCUT2D eigenvalue weighted by atomic mass is 9.61. The average Bonchev–Trinajstić information content (AvgIpc) is 3.02. The molecule has 1 saturated carbocycles. The van der Waals surface area contributed by atoms with Crippen LogP contribution in [0.1, 0.15) is 59.8 Å². The van der Waals surface area contributed by atoms with E-state index in [0.29, 0.717) is 30.1 Å². The Bertz CT molecular complexity index is 511. The van der Waals surface area contributed by atoms with Crippen LogP contribution < -0.4 is 0 Å². The maximum Gasteiger partial charge on any atom is 0.0924 e.